The summed E-state index contributed by atoms with van der Waals surface area (Å²) in [6, 6.07) is 10.2. The Balaban J connectivity index is 0.000000383. The van der Waals surface area contributed by atoms with Crippen LogP contribution in [-0.4, -0.2) is 74.4 Å². The van der Waals surface area contributed by atoms with Crippen molar-refractivity contribution in [2.24, 2.45) is 7.05 Å². The highest BCUT2D eigenvalue weighted by Crippen LogP contribution is 2.31. The molecule has 4 rings (SSSR count). The molecule has 11 heteroatoms. The van der Waals surface area contributed by atoms with Crippen molar-refractivity contribution in [3.05, 3.63) is 54.1 Å². The number of carbonyl (C=O) groups excluding carboxylic acids is 1. The maximum atomic E-state index is 12.3. The van der Waals surface area contributed by atoms with Crippen molar-refractivity contribution in [3.8, 4) is 0 Å². The van der Waals surface area contributed by atoms with E-state index in [2.05, 4.69) is 26.6 Å². The number of carboxylic acids is 1. The number of rotatable bonds is 4. The van der Waals surface area contributed by atoms with Gasteiger partial charge in [0.1, 0.15) is 12.4 Å². The van der Waals surface area contributed by atoms with Crippen molar-refractivity contribution in [2.45, 2.75) is 37.7 Å². The lowest BCUT2D eigenvalue weighted by Gasteiger charge is -2.47. The summed E-state index contributed by atoms with van der Waals surface area (Å²) < 4.78 is 39.9. The molecule has 1 N–H and O–H groups in total. The topological polar surface area (TPSA) is 87.9 Å². The molecule has 3 heterocycles. The number of aromatic nitrogens is 2. The van der Waals surface area contributed by atoms with E-state index in [-0.39, 0.29) is 18.1 Å². The number of morpholine rings is 1. The first-order chi connectivity index (χ1) is 15.6. The quantitative estimate of drug-likeness (QED) is 0.742. The fraction of sp³-hybridized carbons (Fsp3) is 0.500. The maximum Gasteiger partial charge on any atom is 0.490 e. The fourth-order valence-corrected chi connectivity index (χ4v) is 3.91. The minimum atomic E-state index is -5.08. The van der Waals surface area contributed by atoms with Crippen molar-refractivity contribution in [1.29, 1.82) is 0 Å². The number of aliphatic carboxylic acids is 1. The van der Waals surface area contributed by atoms with Crippen molar-refractivity contribution in [3.63, 3.8) is 0 Å². The molecule has 33 heavy (non-hydrogen) atoms. The predicted molar refractivity (Wildman–Crippen MR) is 112 cm³/mol. The summed E-state index contributed by atoms with van der Waals surface area (Å²) in [5.74, 6) is -1.58. The van der Waals surface area contributed by atoms with E-state index in [0.29, 0.717) is 13.1 Å². The number of nitrogens with zero attached hydrogens (tertiary/aromatic N) is 4. The molecule has 2 fully saturated rings. The van der Waals surface area contributed by atoms with Crippen LogP contribution in [0.4, 0.5) is 13.2 Å². The molecule has 2 aromatic rings. The number of hydrogen-bond acceptors (Lipinski definition) is 5. The number of piperidine rings is 1. The number of carbonyl (C=O) groups is 2. The van der Waals surface area contributed by atoms with Gasteiger partial charge < -0.3 is 19.3 Å². The summed E-state index contributed by atoms with van der Waals surface area (Å²) in [6.45, 7) is 4.37. The molecule has 180 valence electrons. The second kappa shape index (κ2) is 10.3. The van der Waals surface area contributed by atoms with Gasteiger partial charge in [0, 0.05) is 39.1 Å². The molecular formula is C22H27F3N4O4. The van der Waals surface area contributed by atoms with E-state index >= 15 is 0 Å². The highest BCUT2D eigenvalue weighted by atomic mass is 19.4. The lowest BCUT2D eigenvalue weighted by Crippen LogP contribution is -2.58. The van der Waals surface area contributed by atoms with Crippen molar-refractivity contribution >= 4 is 11.9 Å². The maximum absolute atomic E-state index is 12.3. The Hall–Kier alpha value is -2.92. The molecule has 2 aliphatic heterocycles. The second-order valence-corrected chi connectivity index (χ2v) is 8.24. The molecule has 1 amide bonds. The Kier molecular flexibility index (Phi) is 7.75. The standard InChI is InChI=1S/C20H26N4O2.C2HF3O2/c1-22-12-9-21-18(22)14-23-10-7-20(8-11-23)16-24(19(25)15-26-20)13-17-5-3-2-4-6-17;3-2(4,5)1(6)7/h2-6,9,12H,7-8,10-11,13-16H2,1H3;(H,6,7). The number of hydrogen-bond donors (Lipinski definition) is 1. The van der Waals surface area contributed by atoms with E-state index in [1.165, 1.54) is 5.56 Å². The Morgan fingerprint density at radius 2 is 1.82 bits per heavy atom. The van der Waals surface area contributed by atoms with Crippen LogP contribution in [0.25, 0.3) is 0 Å². The summed E-state index contributed by atoms with van der Waals surface area (Å²) in [5, 5.41) is 7.12. The normalized spacial score (nSPS) is 18.7. The van der Waals surface area contributed by atoms with Crippen LogP contribution in [0.1, 0.15) is 24.2 Å². The summed E-state index contributed by atoms with van der Waals surface area (Å²) >= 11 is 0. The van der Waals surface area contributed by atoms with Gasteiger partial charge in [-0.15, -0.1) is 0 Å². The van der Waals surface area contributed by atoms with Gasteiger partial charge >= 0.3 is 12.1 Å². The summed E-state index contributed by atoms with van der Waals surface area (Å²) in [6.07, 6.45) is 0.655. The van der Waals surface area contributed by atoms with Gasteiger partial charge in [-0.2, -0.15) is 13.2 Å². The highest BCUT2D eigenvalue weighted by molar-refractivity contribution is 5.78. The number of likely N-dealkylation sites (tertiary alicyclic amines) is 1. The molecular weight excluding hydrogens is 441 g/mol. The average molecular weight is 468 g/mol. The van der Waals surface area contributed by atoms with E-state index in [4.69, 9.17) is 14.6 Å². The number of alkyl halides is 3. The molecule has 1 aromatic carbocycles. The number of imidazole rings is 1. The second-order valence-electron chi connectivity index (χ2n) is 8.24. The van der Waals surface area contributed by atoms with Crippen LogP contribution < -0.4 is 0 Å². The van der Waals surface area contributed by atoms with Gasteiger partial charge in [0.25, 0.3) is 0 Å². The Morgan fingerprint density at radius 3 is 2.36 bits per heavy atom. The number of amides is 1. The molecule has 0 saturated carbocycles. The van der Waals surface area contributed by atoms with E-state index in [1.54, 1.807) is 0 Å². The van der Waals surface area contributed by atoms with Gasteiger partial charge in [-0.1, -0.05) is 30.3 Å². The Labute approximate surface area is 189 Å². The van der Waals surface area contributed by atoms with E-state index in [0.717, 1.165) is 38.3 Å². The third kappa shape index (κ3) is 6.78. The minimum absolute atomic E-state index is 0.0925. The summed E-state index contributed by atoms with van der Waals surface area (Å²) in [5.41, 5.74) is 0.978. The zero-order valence-corrected chi connectivity index (χ0v) is 18.3. The van der Waals surface area contributed by atoms with Gasteiger partial charge in [0.15, 0.2) is 0 Å². The molecule has 2 aliphatic rings. The summed E-state index contributed by atoms with van der Waals surface area (Å²) in [7, 11) is 2.03. The average Bonchev–Trinajstić information content (AvgIpc) is 3.17. The minimum Gasteiger partial charge on any atom is -0.475 e. The molecule has 2 saturated heterocycles. The number of benzene rings is 1. The lowest BCUT2D eigenvalue weighted by molar-refractivity contribution is -0.192. The van der Waals surface area contributed by atoms with Crippen LogP contribution >= 0.6 is 0 Å². The molecule has 0 aliphatic carbocycles. The van der Waals surface area contributed by atoms with E-state index < -0.39 is 12.1 Å². The SMILES string of the molecule is Cn1ccnc1CN1CCC2(CC1)CN(Cc1ccccc1)C(=O)CO2.O=C(O)C(F)(F)F. The molecule has 0 radical (unpaired) electrons. The first-order valence-corrected chi connectivity index (χ1v) is 10.5. The van der Waals surface area contributed by atoms with Gasteiger partial charge in [-0.25, -0.2) is 9.78 Å². The Bertz CT molecular complexity index is 941. The van der Waals surface area contributed by atoms with Crippen LogP contribution in [0.3, 0.4) is 0 Å². The molecule has 1 aromatic heterocycles. The molecule has 1 spiro atoms. The van der Waals surface area contributed by atoms with Crippen molar-refractivity contribution in [2.75, 3.05) is 26.2 Å². The highest BCUT2D eigenvalue weighted by Gasteiger charge is 2.42. The van der Waals surface area contributed by atoms with Crippen molar-refractivity contribution < 1.29 is 32.6 Å². The van der Waals surface area contributed by atoms with Gasteiger partial charge in [-0.05, 0) is 18.4 Å². The monoisotopic (exact) mass is 468 g/mol. The summed E-state index contributed by atoms with van der Waals surface area (Å²) in [4.78, 5) is 30.0. The van der Waals surface area contributed by atoms with Crippen LogP contribution in [0.5, 0.6) is 0 Å². The molecule has 0 unspecified atom stereocenters. The number of halogens is 3. The largest absolute Gasteiger partial charge is 0.490 e. The van der Waals surface area contributed by atoms with E-state index in [9.17, 15) is 18.0 Å². The van der Waals surface area contributed by atoms with E-state index in [1.807, 2.05) is 42.5 Å². The molecule has 0 atom stereocenters. The third-order valence-electron chi connectivity index (χ3n) is 5.85. The third-order valence-corrected chi connectivity index (χ3v) is 5.85. The van der Waals surface area contributed by atoms with Crippen LogP contribution in [0, 0.1) is 0 Å². The van der Waals surface area contributed by atoms with Gasteiger partial charge in [-0.3, -0.25) is 9.69 Å². The number of carboxylic acid groups (broad SMARTS) is 1. The Morgan fingerprint density at radius 1 is 1.18 bits per heavy atom. The number of ether oxygens (including phenoxy) is 1. The lowest BCUT2D eigenvalue weighted by atomic mass is 9.89. The van der Waals surface area contributed by atoms with Crippen LogP contribution in [-0.2, 0) is 34.5 Å². The molecule has 8 nitrogen and oxygen atoms in total. The number of aryl methyl sites for hydroxylation is 1. The van der Waals surface area contributed by atoms with Crippen LogP contribution in [0.2, 0.25) is 0 Å². The molecule has 0 bridgehead atoms. The fourth-order valence-electron chi connectivity index (χ4n) is 3.91. The zero-order valence-electron chi connectivity index (χ0n) is 18.3. The van der Waals surface area contributed by atoms with Gasteiger partial charge in [0.2, 0.25) is 5.91 Å². The first-order valence-electron chi connectivity index (χ1n) is 10.5. The van der Waals surface area contributed by atoms with Gasteiger partial charge in [0.05, 0.1) is 18.7 Å². The van der Waals surface area contributed by atoms with Crippen molar-refractivity contribution in [1.82, 2.24) is 19.4 Å². The first kappa shape index (κ1) is 24.7. The smallest absolute Gasteiger partial charge is 0.475 e. The van der Waals surface area contributed by atoms with Crippen LogP contribution in [0.15, 0.2) is 42.7 Å². The zero-order chi connectivity index (χ0) is 24.1. The predicted octanol–water partition coefficient (Wildman–Crippen LogP) is 2.45.